The van der Waals surface area contributed by atoms with Crippen LogP contribution in [0, 0.1) is 5.92 Å². The van der Waals surface area contributed by atoms with E-state index in [-0.39, 0.29) is 35.5 Å². The molecule has 0 unspecified atom stereocenters. The van der Waals surface area contributed by atoms with Crippen LogP contribution in [0.1, 0.15) is 25.3 Å². The number of rotatable bonds is 8. The number of alkyl halides is 3. The van der Waals surface area contributed by atoms with E-state index in [0.29, 0.717) is 18.0 Å². The van der Waals surface area contributed by atoms with E-state index in [4.69, 9.17) is 16.3 Å². The summed E-state index contributed by atoms with van der Waals surface area (Å²) >= 11 is 5.87. The molecule has 0 bridgehead atoms. The van der Waals surface area contributed by atoms with Crippen molar-refractivity contribution in [2.75, 3.05) is 29.9 Å². The van der Waals surface area contributed by atoms with Gasteiger partial charge in [0.05, 0.1) is 22.2 Å². The van der Waals surface area contributed by atoms with Crippen LogP contribution in [-0.4, -0.2) is 37.4 Å². The minimum Gasteiger partial charge on any atom is -0.484 e. The summed E-state index contributed by atoms with van der Waals surface area (Å²) in [6, 6.07) is 8.98. The van der Waals surface area contributed by atoms with E-state index in [2.05, 4.69) is 10.6 Å². The zero-order valence-electron chi connectivity index (χ0n) is 18.2. The molecule has 0 aliphatic carbocycles. The van der Waals surface area contributed by atoms with Gasteiger partial charge in [-0.3, -0.25) is 14.4 Å². The van der Waals surface area contributed by atoms with Crippen LogP contribution in [0.2, 0.25) is 5.02 Å². The number of halogens is 4. The highest BCUT2D eigenvalue weighted by Crippen LogP contribution is 2.34. The van der Waals surface area contributed by atoms with Crippen molar-refractivity contribution in [1.29, 1.82) is 0 Å². The number of hydrogen-bond donors (Lipinski definition) is 2. The van der Waals surface area contributed by atoms with Crippen molar-refractivity contribution in [3.63, 3.8) is 0 Å². The molecule has 2 N–H and O–H groups in total. The number of nitrogens with zero attached hydrogens (tertiary/aromatic N) is 1. The Hall–Kier alpha value is -3.27. The molecule has 0 radical (unpaired) electrons. The van der Waals surface area contributed by atoms with Crippen molar-refractivity contribution in [3.8, 4) is 5.75 Å². The van der Waals surface area contributed by atoms with Crippen molar-refractivity contribution in [3.05, 3.63) is 53.1 Å². The SMILES string of the molecule is CCCNC(=O)[C@H]1CC(=O)N(c2ccc(OCC(=O)Nc3cc(C(F)(F)F)ccc3Cl)cc2)C1. The van der Waals surface area contributed by atoms with Gasteiger partial charge >= 0.3 is 6.18 Å². The van der Waals surface area contributed by atoms with Crippen LogP contribution < -0.4 is 20.3 Å². The molecule has 0 spiro atoms. The van der Waals surface area contributed by atoms with Crippen LogP contribution in [0.4, 0.5) is 24.5 Å². The normalized spacial score (nSPS) is 15.9. The average molecular weight is 498 g/mol. The highest BCUT2D eigenvalue weighted by molar-refractivity contribution is 6.33. The summed E-state index contributed by atoms with van der Waals surface area (Å²) in [7, 11) is 0. The fourth-order valence-corrected chi connectivity index (χ4v) is 3.54. The second-order valence-corrected chi connectivity index (χ2v) is 8.13. The maximum absolute atomic E-state index is 12.9. The lowest BCUT2D eigenvalue weighted by Gasteiger charge is -2.17. The number of carbonyl (C=O) groups excluding carboxylic acids is 3. The first kappa shape index (κ1) is 25.4. The van der Waals surface area contributed by atoms with Gasteiger partial charge in [-0.25, -0.2) is 0 Å². The van der Waals surface area contributed by atoms with Gasteiger partial charge in [-0.15, -0.1) is 0 Å². The fraction of sp³-hybridized carbons (Fsp3) is 0.348. The molecule has 1 atom stereocenters. The standard InChI is InChI=1S/C23H23ClF3N3O4/c1-2-9-28-22(33)14-10-21(32)30(12-14)16-4-6-17(7-5-16)34-13-20(31)29-19-11-15(23(25,26)27)3-8-18(19)24/h3-8,11,14H,2,9-10,12-13H2,1H3,(H,28,33)(H,29,31)/t14-/m0/s1. The van der Waals surface area contributed by atoms with Gasteiger partial charge in [-0.05, 0) is 48.9 Å². The Morgan fingerprint density at radius 2 is 1.88 bits per heavy atom. The van der Waals surface area contributed by atoms with Crippen LogP contribution in [0.25, 0.3) is 0 Å². The Labute approximate surface area is 199 Å². The molecule has 3 amide bonds. The molecule has 1 saturated heterocycles. The first-order valence-corrected chi connectivity index (χ1v) is 10.9. The molecule has 0 aromatic heterocycles. The number of amides is 3. The average Bonchev–Trinajstić information content (AvgIpc) is 3.18. The largest absolute Gasteiger partial charge is 0.484 e. The minimum absolute atomic E-state index is 0.0392. The number of nitrogens with one attached hydrogen (secondary N) is 2. The van der Waals surface area contributed by atoms with Gasteiger partial charge in [0, 0.05) is 25.2 Å². The molecule has 7 nitrogen and oxygen atoms in total. The van der Waals surface area contributed by atoms with Crippen LogP contribution in [0.15, 0.2) is 42.5 Å². The highest BCUT2D eigenvalue weighted by Gasteiger charge is 2.35. The van der Waals surface area contributed by atoms with Crippen molar-refractivity contribution in [1.82, 2.24) is 5.32 Å². The first-order valence-electron chi connectivity index (χ1n) is 10.6. The summed E-state index contributed by atoms with van der Waals surface area (Å²) in [6.07, 6.45) is -3.63. The summed E-state index contributed by atoms with van der Waals surface area (Å²) < 4.78 is 44.0. The van der Waals surface area contributed by atoms with Gasteiger partial charge in [-0.2, -0.15) is 13.2 Å². The molecule has 0 saturated carbocycles. The van der Waals surface area contributed by atoms with Gasteiger partial charge in [0.25, 0.3) is 5.91 Å². The van der Waals surface area contributed by atoms with Gasteiger partial charge < -0.3 is 20.3 Å². The van der Waals surface area contributed by atoms with Gasteiger partial charge in [0.1, 0.15) is 5.75 Å². The van der Waals surface area contributed by atoms with Crippen molar-refractivity contribution >= 4 is 40.7 Å². The number of carbonyl (C=O) groups is 3. The number of hydrogen-bond acceptors (Lipinski definition) is 4. The van der Waals surface area contributed by atoms with E-state index in [1.54, 1.807) is 24.3 Å². The second kappa shape index (κ2) is 10.8. The molecule has 11 heteroatoms. The predicted molar refractivity (Wildman–Crippen MR) is 121 cm³/mol. The lowest BCUT2D eigenvalue weighted by atomic mass is 10.1. The number of ether oxygens (including phenoxy) is 1. The van der Waals surface area contributed by atoms with Crippen LogP contribution in [0.3, 0.4) is 0 Å². The molecule has 1 heterocycles. The molecule has 3 rings (SSSR count). The zero-order valence-corrected chi connectivity index (χ0v) is 19.0. The molecule has 1 aliphatic rings. The monoisotopic (exact) mass is 497 g/mol. The van der Waals surface area contributed by atoms with Crippen molar-refractivity contribution in [2.24, 2.45) is 5.92 Å². The van der Waals surface area contributed by atoms with E-state index in [9.17, 15) is 27.6 Å². The second-order valence-electron chi connectivity index (χ2n) is 7.72. The van der Waals surface area contributed by atoms with E-state index < -0.39 is 30.2 Å². The molecule has 34 heavy (non-hydrogen) atoms. The lowest BCUT2D eigenvalue weighted by Crippen LogP contribution is -2.33. The van der Waals surface area contributed by atoms with Gasteiger partial charge in [0.2, 0.25) is 11.8 Å². The number of anilines is 2. The van der Waals surface area contributed by atoms with Crippen molar-refractivity contribution in [2.45, 2.75) is 25.9 Å². The summed E-state index contributed by atoms with van der Waals surface area (Å²) in [5.74, 6) is -1.10. The predicted octanol–water partition coefficient (Wildman–Crippen LogP) is 4.26. The number of benzene rings is 2. The van der Waals surface area contributed by atoms with Crippen LogP contribution in [0.5, 0.6) is 5.75 Å². The Balaban J connectivity index is 1.55. The molecular formula is C23H23ClF3N3O4. The van der Waals surface area contributed by atoms with E-state index >= 15 is 0 Å². The summed E-state index contributed by atoms with van der Waals surface area (Å²) in [4.78, 5) is 38.1. The molecule has 1 aliphatic heterocycles. The molecule has 182 valence electrons. The van der Waals surface area contributed by atoms with Gasteiger partial charge in [-0.1, -0.05) is 18.5 Å². The molecule has 2 aromatic carbocycles. The third-order valence-electron chi connectivity index (χ3n) is 5.13. The zero-order chi connectivity index (χ0) is 24.9. The molecule has 2 aromatic rings. The van der Waals surface area contributed by atoms with Crippen LogP contribution >= 0.6 is 11.6 Å². The van der Waals surface area contributed by atoms with Crippen molar-refractivity contribution < 1.29 is 32.3 Å². The Morgan fingerprint density at radius 1 is 1.18 bits per heavy atom. The highest BCUT2D eigenvalue weighted by atomic mass is 35.5. The third-order valence-corrected chi connectivity index (χ3v) is 5.46. The maximum Gasteiger partial charge on any atom is 0.416 e. The molecular weight excluding hydrogens is 475 g/mol. The lowest BCUT2D eigenvalue weighted by molar-refractivity contribution is -0.137. The Bertz CT molecular complexity index is 1060. The summed E-state index contributed by atoms with van der Waals surface area (Å²) in [6.45, 7) is 2.31. The fourth-order valence-electron chi connectivity index (χ4n) is 3.38. The Morgan fingerprint density at radius 3 is 2.53 bits per heavy atom. The van der Waals surface area contributed by atoms with Gasteiger partial charge in [0.15, 0.2) is 6.61 Å². The summed E-state index contributed by atoms with van der Waals surface area (Å²) in [5, 5.41) is 5.05. The first-order chi connectivity index (χ1) is 16.1. The third kappa shape index (κ3) is 6.40. The Kier molecular flexibility index (Phi) is 8.03. The van der Waals surface area contributed by atoms with E-state index in [0.717, 1.165) is 24.6 Å². The smallest absolute Gasteiger partial charge is 0.416 e. The maximum atomic E-state index is 12.9. The van der Waals surface area contributed by atoms with E-state index in [1.807, 2.05) is 6.92 Å². The quantitative estimate of drug-likeness (QED) is 0.570. The molecule has 1 fully saturated rings. The topological polar surface area (TPSA) is 87.7 Å². The van der Waals surface area contributed by atoms with E-state index in [1.165, 1.54) is 4.90 Å². The summed E-state index contributed by atoms with van der Waals surface area (Å²) in [5.41, 5.74) is -0.529. The minimum atomic E-state index is -4.57. The van der Waals surface area contributed by atoms with Crippen LogP contribution in [-0.2, 0) is 20.6 Å².